The SMILES string of the molecule is c1ccc(CN2CCC3(CCN(C4CC4)C3)C2)cc1. The Morgan fingerprint density at radius 1 is 1.00 bits per heavy atom. The molecule has 1 aromatic rings. The van der Waals surface area contributed by atoms with E-state index in [0.29, 0.717) is 5.41 Å². The van der Waals surface area contributed by atoms with Crippen molar-refractivity contribution in [2.24, 2.45) is 5.41 Å². The molecule has 0 aromatic heterocycles. The average Bonchev–Trinajstić information content (AvgIpc) is 3.11. The van der Waals surface area contributed by atoms with Crippen LogP contribution in [0.1, 0.15) is 31.2 Å². The van der Waals surface area contributed by atoms with Gasteiger partial charge in [-0.3, -0.25) is 9.80 Å². The highest BCUT2D eigenvalue weighted by Gasteiger charge is 2.46. The smallest absolute Gasteiger partial charge is 0.0233 e. The molecule has 2 heterocycles. The average molecular weight is 256 g/mol. The Morgan fingerprint density at radius 2 is 1.79 bits per heavy atom. The summed E-state index contributed by atoms with van der Waals surface area (Å²) in [6.45, 7) is 6.51. The number of hydrogen-bond donors (Lipinski definition) is 0. The quantitative estimate of drug-likeness (QED) is 0.820. The lowest BCUT2D eigenvalue weighted by molar-refractivity contribution is 0.233. The van der Waals surface area contributed by atoms with Crippen LogP contribution in [0.15, 0.2) is 30.3 Å². The van der Waals surface area contributed by atoms with Gasteiger partial charge in [0.15, 0.2) is 0 Å². The maximum atomic E-state index is 2.77. The van der Waals surface area contributed by atoms with Crippen molar-refractivity contribution in [1.82, 2.24) is 9.80 Å². The van der Waals surface area contributed by atoms with E-state index in [0.717, 1.165) is 12.6 Å². The number of benzene rings is 1. The molecule has 2 nitrogen and oxygen atoms in total. The summed E-state index contributed by atoms with van der Waals surface area (Å²) in [6.07, 6.45) is 5.78. The summed E-state index contributed by atoms with van der Waals surface area (Å²) in [5, 5.41) is 0. The predicted molar refractivity (Wildman–Crippen MR) is 78.0 cm³/mol. The molecule has 1 atom stereocenters. The van der Waals surface area contributed by atoms with E-state index in [4.69, 9.17) is 0 Å². The van der Waals surface area contributed by atoms with Crippen molar-refractivity contribution in [1.29, 1.82) is 0 Å². The zero-order valence-corrected chi connectivity index (χ0v) is 11.7. The molecule has 2 aliphatic heterocycles. The van der Waals surface area contributed by atoms with Crippen LogP contribution in [0.5, 0.6) is 0 Å². The van der Waals surface area contributed by atoms with Crippen LogP contribution in [0.4, 0.5) is 0 Å². The minimum absolute atomic E-state index is 0.636. The fraction of sp³-hybridized carbons (Fsp3) is 0.647. The molecule has 1 spiro atoms. The number of likely N-dealkylation sites (tertiary alicyclic amines) is 2. The zero-order valence-electron chi connectivity index (χ0n) is 11.7. The molecule has 2 saturated heterocycles. The molecule has 1 aromatic carbocycles. The summed E-state index contributed by atoms with van der Waals surface area (Å²) in [4.78, 5) is 5.44. The molecule has 0 amide bonds. The Balaban J connectivity index is 1.37. The van der Waals surface area contributed by atoms with Crippen LogP contribution < -0.4 is 0 Å². The van der Waals surface area contributed by atoms with E-state index in [2.05, 4.69) is 40.1 Å². The summed E-state index contributed by atoms with van der Waals surface area (Å²) in [6, 6.07) is 11.9. The summed E-state index contributed by atoms with van der Waals surface area (Å²) in [5.41, 5.74) is 2.11. The maximum absolute atomic E-state index is 2.77. The van der Waals surface area contributed by atoms with E-state index < -0.39 is 0 Å². The molecule has 1 aliphatic carbocycles. The molecule has 102 valence electrons. The number of nitrogens with zero attached hydrogens (tertiary/aromatic N) is 2. The summed E-state index contributed by atoms with van der Waals surface area (Å²) in [7, 11) is 0. The van der Waals surface area contributed by atoms with Crippen molar-refractivity contribution in [3.63, 3.8) is 0 Å². The van der Waals surface area contributed by atoms with Crippen LogP contribution >= 0.6 is 0 Å². The largest absolute Gasteiger partial charge is 0.300 e. The Morgan fingerprint density at radius 3 is 2.58 bits per heavy atom. The van der Waals surface area contributed by atoms with Gasteiger partial charge in [-0.05, 0) is 49.8 Å². The van der Waals surface area contributed by atoms with E-state index in [1.165, 1.54) is 57.4 Å². The highest BCUT2D eigenvalue weighted by atomic mass is 15.2. The molecule has 0 N–H and O–H groups in total. The van der Waals surface area contributed by atoms with Gasteiger partial charge in [0, 0.05) is 25.7 Å². The van der Waals surface area contributed by atoms with Crippen molar-refractivity contribution >= 4 is 0 Å². The molecule has 3 fully saturated rings. The van der Waals surface area contributed by atoms with Gasteiger partial charge in [-0.2, -0.15) is 0 Å². The van der Waals surface area contributed by atoms with Crippen LogP contribution in [0.2, 0.25) is 0 Å². The van der Waals surface area contributed by atoms with Crippen molar-refractivity contribution in [3.8, 4) is 0 Å². The maximum Gasteiger partial charge on any atom is 0.0233 e. The van der Waals surface area contributed by atoms with Crippen molar-refractivity contribution in [2.45, 2.75) is 38.3 Å². The summed E-state index contributed by atoms with van der Waals surface area (Å²) >= 11 is 0. The lowest BCUT2D eigenvalue weighted by atomic mass is 9.86. The molecule has 0 bridgehead atoms. The van der Waals surface area contributed by atoms with Crippen molar-refractivity contribution in [2.75, 3.05) is 26.2 Å². The Bertz CT molecular complexity index is 440. The van der Waals surface area contributed by atoms with Gasteiger partial charge in [0.05, 0.1) is 0 Å². The standard InChI is InChI=1S/C17H24N2/c1-2-4-15(5-3-1)12-18-10-8-17(13-18)9-11-19(14-17)16-6-7-16/h1-5,16H,6-14H2. The monoisotopic (exact) mass is 256 g/mol. The zero-order chi connectivity index (χ0) is 12.7. The van der Waals surface area contributed by atoms with Gasteiger partial charge in [-0.1, -0.05) is 30.3 Å². The second-order valence-electron chi connectivity index (χ2n) is 6.90. The van der Waals surface area contributed by atoms with Gasteiger partial charge in [-0.25, -0.2) is 0 Å². The number of hydrogen-bond acceptors (Lipinski definition) is 2. The van der Waals surface area contributed by atoms with E-state index >= 15 is 0 Å². The first-order valence-corrected chi connectivity index (χ1v) is 7.83. The van der Waals surface area contributed by atoms with Crippen LogP contribution in [0.3, 0.4) is 0 Å². The lowest BCUT2D eigenvalue weighted by Gasteiger charge is -2.25. The lowest BCUT2D eigenvalue weighted by Crippen LogP contribution is -2.31. The molecule has 0 radical (unpaired) electrons. The number of rotatable bonds is 3. The van der Waals surface area contributed by atoms with Gasteiger partial charge in [0.2, 0.25) is 0 Å². The van der Waals surface area contributed by atoms with E-state index in [-0.39, 0.29) is 0 Å². The first kappa shape index (κ1) is 11.9. The van der Waals surface area contributed by atoms with Gasteiger partial charge in [-0.15, -0.1) is 0 Å². The Kier molecular flexibility index (Phi) is 2.89. The predicted octanol–water partition coefficient (Wildman–Crippen LogP) is 2.75. The Labute approximate surface area is 116 Å². The second-order valence-corrected chi connectivity index (χ2v) is 6.90. The third kappa shape index (κ3) is 2.44. The van der Waals surface area contributed by atoms with Gasteiger partial charge >= 0.3 is 0 Å². The fourth-order valence-corrected chi connectivity index (χ4v) is 4.06. The molecule has 2 heteroatoms. The first-order valence-electron chi connectivity index (χ1n) is 7.83. The molecule has 1 unspecified atom stereocenters. The third-order valence-corrected chi connectivity index (χ3v) is 5.30. The molecule has 3 aliphatic rings. The highest BCUT2D eigenvalue weighted by Crippen LogP contribution is 2.43. The van der Waals surface area contributed by atoms with Crippen molar-refractivity contribution < 1.29 is 0 Å². The van der Waals surface area contributed by atoms with Gasteiger partial charge in [0.1, 0.15) is 0 Å². The third-order valence-electron chi connectivity index (χ3n) is 5.30. The van der Waals surface area contributed by atoms with Gasteiger partial charge in [0.25, 0.3) is 0 Å². The van der Waals surface area contributed by atoms with E-state index in [1.54, 1.807) is 0 Å². The molecular weight excluding hydrogens is 232 g/mol. The first-order chi connectivity index (χ1) is 9.33. The van der Waals surface area contributed by atoms with E-state index in [9.17, 15) is 0 Å². The fourth-order valence-electron chi connectivity index (χ4n) is 4.06. The molecule has 19 heavy (non-hydrogen) atoms. The van der Waals surface area contributed by atoms with Gasteiger partial charge < -0.3 is 0 Å². The normalized spacial score (nSPS) is 32.4. The minimum Gasteiger partial charge on any atom is -0.300 e. The van der Waals surface area contributed by atoms with Crippen LogP contribution in [0, 0.1) is 5.41 Å². The van der Waals surface area contributed by atoms with Crippen LogP contribution in [0.25, 0.3) is 0 Å². The van der Waals surface area contributed by atoms with Crippen LogP contribution in [-0.2, 0) is 6.54 Å². The second kappa shape index (κ2) is 4.60. The summed E-state index contributed by atoms with van der Waals surface area (Å²) < 4.78 is 0. The molecule has 4 rings (SSSR count). The molecular formula is C17H24N2. The highest BCUT2D eigenvalue weighted by molar-refractivity contribution is 5.15. The minimum atomic E-state index is 0.636. The van der Waals surface area contributed by atoms with Crippen LogP contribution in [-0.4, -0.2) is 42.0 Å². The Hall–Kier alpha value is -0.860. The topological polar surface area (TPSA) is 6.48 Å². The van der Waals surface area contributed by atoms with E-state index in [1.807, 2.05) is 0 Å². The summed E-state index contributed by atoms with van der Waals surface area (Å²) in [5.74, 6) is 0. The molecule has 1 saturated carbocycles. The van der Waals surface area contributed by atoms with Crippen molar-refractivity contribution in [3.05, 3.63) is 35.9 Å².